The number of hydrogen-bond donors (Lipinski definition) is 0. The number of nitrogens with zero attached hydrogens (tertiary/aromatic N) is 3. The summed E-state index contributed by atoms with van der Waals surface area (Å²) >= 11 is 3.37. The van der Waals surface area contributed by atoms with Crippen LogP contribution in [0.3, 0.4) is 0 Å². The molecular formula is C14H14BrN3O2. The van der Waals surface area contributed by atoms with Crippen LogP contribution in [0.5, 0.6) is 5.75 Å². The Hall–Kier alpha value is -1.82. The van der Waals surface area contributed by atoms with Crippen molar-refractivity contribution < 1.29 is 9.53 Å². The molecule has 0 spiro atoms. The summed E-state index contributed by atoms with van der Waals surface area (Å²) in [5, 5.41) is 4.09. The summed E-state index contributed by atoms with van der Waals surface area (Å²) in [7, 11) is 1.83. The average Bonchev–Trinajstić information content (AvgIpc) is 3.00. The highest BCUT2D eigenvalue weighted by molar-refractivity contribution is 9.10. The summed E-state index contributed by atoms with van der Waals surface area (Å²) in [4.78, 5) is 14.1. The number of hydrogen-bond acceptors (Lipinski definition) is 3. The first-order valence-electron chi connectivity index (χ1n) is 6.36. The second-order valence-electron chi connectivity index (χ2n) is 4.71. The minimum Gasteiger partial charge on any atom is -0.481 e. The van der Waals surface area contributed by atoms with Gasteiger partial charge in [-0.3, -0.25) is 9.48 Å². The Balaban J connectivity index is 1.71. The first-order valence-corrected chi connectivity index (χ1v) is 7.15. The van der Waals surface area contributed by atoms with Crippen LogP contribution in [0.2, 0.25) is 0 Å². The van der Waals surface area contributed by atoms with Gasteiger partial charge in [-0.15, -0.1) is 0 Å². The Kier molecular flexibility index (Phi) is 3.48. The summed E-state index contributed by atoms with van der Waals surface area (Å²) in [6, 6.07) is 7.50. The molecule has 1 unspecified atom stereocenters. The number of aryl methyl sites for hydroxylation is 1. The zero-order chi connectivity index (χ0) is 14.1. The van der Waals surface area contributed by atoms with Gasteiger partial charge in [0, 0.05) is 30.7 Å². The second-order valence-corrected chi connectivity index (χ2v) is 5.63. The lowest BCUT2D eigenvalue weighted by Crippen LogP contribution is -2.32. The highest BCUT2D eigenvalue weighted by atomic mass is 79.9. The molecule has 1 saturated heterocycles. The second kappa shape index (κ2) is 5.28. The van der Waals surface area contributed by atoms with E-state index in [-0.39, 0.29) is 5.91 Å². The molecule has 1 amide bonds. The topological polar surface area (TPSA) is 47.4 Å². The molecule has 2 aromatic rings. The van der Waals surface area contributed by atoms with Crippen molar-refractivity contribution in [1.82, 2.24) is 9.78 Å². The number of benzene rings is 1. The molecule has 6 heteroatoms. The first kappa shape index (κ1) is 13.2. The summed E-state index contributed by atoms with van der Waals surface area (Å²) < 4.78 is 8.43. The molecule has 0 aliphatic carbocycles. The van der Waals surface area contributed by atoms with Gasteiger partial charge < -0.3 is 9.64 Å². The zero-order valence-electron chi connectivity index (χ0n) is 11.0. The minimum absolute atomic E-state index is 0.0130. The van der Waals surface area contributed by atoms with Crippen LogP contribution in [-0.2, 0) is 11.8 Å². The van der Waals surface area contributed by atoms with Gasteiger partial charge in [0.05, 0.1) is 11.9 Å². The van der Waals surface area contributed by atoms with Crippen LogP contribution in [0.25, 0.3) is 0 Å². The third-order valence-corrected chi connectivity index (χ3v) is 3.78. The molecule has 3 rings (SSSR count). The lowest BCUT2D eigenvalue weighted by Gasteiger charge is -2.15. The van der Waals surface area contributed by atoms with Crippen molar-refractivity contribution >= 4 is 27.5 Å². The smallest absolute Gasteiger partial charge is 0.268 e. The average molecular weight is 336 g/mol. The first-order chi connectivity index (χ1) is 9.63. The molecule has 1 aromatic heterocycles. The van der Waals surface area contributed by atoms with Gasteiger partial charge in [-0.2, -0.15) is 5.10 Å². The van der Waals surface area contributed by atoms with E-state index < -0.39 is 6.10 Å². The van der Waals surface area contributed by atoms with Crippen molar-refractivity contribution in [2.75, 3.05) is 11.4 Å². The Bertz CT molecular complexity index is 624. The van der Waals surface area contributed by atoms with Crippen molar-refractivity contribution in [1.29, 1.82) is 0 Å². The predicted molar refractivity (Wildman–Crippen MR) is 78.7 cm³/mol. The van der Waals surface area contributed by atoms with E-state index >= 15 is 0 Å². The molecule has 0 radical (unpaired) electrons. The van der Waals surface area contributed by atoms with E-state index in [1.165, 1.54) is 0 Å². The molecule has 1 aromatic carbocycles. The highest BCUT2D eigenvalue weighted by Crippen LogP contribution is 2.25. The SMILES string of the molecule is Cn1cc(N2CCC(Oc3ccc(Br)cc3)C2=O)cn1. The van der Waals surface area contributed by atoms with Gasteiger partial charge in [0.15, 0.2) is 6.10 Å². The van der Waals surface area contributed by atoms with Crippen LogP contribution in [-0.4, -0.2) is 28.3 Å². The maximum absolute atomic E-state index is 12.3. The van der Waals surface area contributed by atoms with E-state index in [9.17, 15) is 4.79 Å². The molecule has 0 N–H and O–H groups in total. The molecule has 2 heterocycles. The maximum Gasteiger partial charge on any atom is 0.268 e. The number of ether oxygens (including phenoxy) is 1. The van der Waals surface area contributed by atoms with Crippen LogP contribution >= 0.6 is 15.9 Å². The quantitative estimate of drug-likeness (QED) is 0.865. The molecule has 1 aliphatic rings. The Morgan fingerprint density at radius 3 is 2.75 bits per heavy atom. The number of anilines is 1. The van der Waals surface area contributed by atoms with E-state index in [0.717, 1.165) is 10.2 Å². The van der Waals surface area contributed by atoms with Gasteiger partial charge in [-0.1, -0.05) is 15.9 Å². The zero-order valence-corrected chi connectivity index (χ0v) is 12.6. The summed E-state index contributed by atoms with van der Waals surface area (Å²) in [6.07, 6.45) is 3.79. The lowest BCUT2D eigenvalue weighted by molar-refractivity contribution is -0.122. The fourth-order valence-electron chi connectivity index (χ4n) is 2.24. The summed E-state index contributed by atoms with van der Waals surface area (Å²) in [6.45, 7) is 0.658. The number of aromatic nitrogens is 2. The molecule has 0 saturated carbocycles. The fraction of sp³-hybridized carbons (Fsp3) is 0.286. The van der Waals surface area contributed by atoms with Gasteiger partial charge in [-0.25, -0.2) is 0 Å². The Labute approximate surface area is 125 Å². The minimum atomic E-state index is -0.420. The van der Waals surface area contributed by atoms with Gasteiger partial charge in [-0.05, 0) is 24.3 Å². The molecule has 1 aliphatic heterocycles. The third-order valence-electron chi connectivity index (χ3n) is 3.25. The van der Waals surface area contributed by atoms with Crippen LogP contribution < -0.4 is 9.64 Å². The number of halogens is 1. The van der Waals surface area contributed by atoms with Crippen molar-refractivity contribution in [2.24, 2.45) is 7.05 Å². The highest BCUT2D eigenvalue weighted by Gasteiger charge is 2.34. The molecule has 20 heavy (non-hydrogen) atoms. The van der Waals surface area contributed by atoms with E-state index in [4.69, 9.17) is 4.74 Å². The molecule has 5 nitrogen and oxygen atoms in total. The number of rotatable bonds is 3. The number of carbonyl (C=O) groups excluding carboxylic acids is 1. The molecular weight excluding hydrogens is 322 g/mol. The van der Waals surface area contributed by atoms with Gasteiger partial charge in [0.1, 0.15) is 5.75 Å². The van der Waals surface area contributed by atoms with E-state index in [1.807, 2.05) is 37.5 Å². The van der Waals surface area contributed by atoms with Crippen LogP contribution in [0.4, 0.5) is 5.69 Å². The Morgan fingerprint density at radius 2 is 2.10 bits per heavy atom. The van der Waals surface area contributed by atoms with E-state index in [0.29, 0.717) is 18.7 Å². The molecule has 1 fully saturated rings. The largest absolute Gasteiger partial charge is 0.481 e. The van der Waals surface area contributed by atoms with E-state index in [2.05, 4.69) is 21.0 Å². The van der Waals surface area contributed by atoms with Crippen LogP contribution in [0, 0.1) is 0 Å². The van der Waals surface area contributed by atoms with Gasteiger partial charge in [0.2, 0.25) is 0 Å². The van der Waals surface area contributed by atoms with E-state index in [1.54, 1.807) is 15.8 Å². The lowest BCUT2D eigenvalue weighted by atomic mass is 10.3. The standard InChI is InChI=1S/C14H14BrN3O2/c1-17-9-11(8-16-17)18-7-6-13(14(18)19)20-12-4-2-10(15)3-5-12/h2-5,8-9,13H,6-7H2,1H3. The van der Waals surface area contributed by atoms with Gasteiger partial charge in [0.25, 0.3) is 5.91 Å². The van der Waals surface area contributed by atoms with Crippen molar-refractivity contribution in [3.63, 3.8) is 0 Å². The predicted octanol–water partition coefficient (Wildman–Crippen LogP) is 2.37. The number of amides is 1. The van der Waals surface area contributed by atoms with Crippen LogP contribution in [0.15, 0.2) is 41.1 Å². The summed E-state index contributed by atoms with van der Waals surface area (Å²) in [5.74, 6) is 0.695. The summed E-state index contributed by atoms with van der Waals surface area (Å²) in [5.41, 5.74) is 0.819. The molecule has 0 bridgehead atoms. The maximum atomic E-state index is 12.3. The monoisotopic (exact) mass is 335 g/mol. The fourth-order valence-corrected chi connectivity index (χ4v) is 2.51. The molecule has 104 valence electrons. The van der Waals surface area contributed by atoms with Crippen molar-refractivity contribution in [3.8, 4) is 5.75 Å². The van der Waals surface area contributed by atoms with Gasteiger partial charge >= 0.3 is 0 Å². The molecule has 1 atom stereocenters. The normalized spacial score (nSPS) is 18.6. The number of carbonyl (C=O) groups is 1. The van der Waals surface area contributed by atoms with Crippen molar-refractivity contribution in [2.45, 2.75) is 12.5 Å². The Morgan fingerprint density at radius 1 is 1.35 bits per heavy atom. The third kappa shape index (κ3) is 2.56. The van der Waals surface area contributed by atoms with Crippen LogP contribution in [0.1, 0.15) is 6.42 Å². The van der Waals surface area contributed by atoms with Crippen molar-refractivity contribution in [3.05, 3.63) is 41.1 Å².